The summed E-state index contributed by atoms with van der Waals surface area (Å²) in [5, 5.41) is 0.749. The number of nitrogens with one attached hydrogen (secondary N) is 1. The van der Waals surface area contributed by atoms with Crippen molar-refractivity contribution in [1.29, 1.82) is 0 Å². The number of hydrogen-bond acceptors (Lipinski definition) is 3. The first-order valence-electron chi connectivity index (χ1n) is 7.04. The number of nitrogens with two attached hydrogens (primary N) is 1. The molecule has 1 aromatic carbocycles. The first-order valence-corrected chi connectivity index (χ1v) is 8.09. The van der Waals surface area contributed by atoms with E-state index in [9.17, 15) is 4.39 Å². The van der Waals surface area contributed by atoms with Crippen LogP contribution in [0.5, 0.6) is 0 Å². The van der Waals surface area contributed by atoms with Crippen LogP contribution in [0.4, 0.5) is 4.39 Å². The normalized spacial score (nSPS) is 18.5. The minimum absolute atomic E-state index is 0.0302. The van der Waals surface area contributed by atoms with Crippen LogP contribution in [-0.2, 0) is 0 Å². The number of benzene rings is 1. The molecule has 19 heavy (non-hydrogen) atoms. The number of thioether (sulfide) groups is 1. The highest BCUT2D eigenvalue weighted by Gasteiger charge is 2.18. The second-order valence-electron chi connectivity index (χ2n) is 5.31. The van der Waals surface area contributed by atoms with Crippen molar-refractivity contribution in [3.05, 3.63) is 35.1 Å². The minimum atomic E-state index is -0.191. The highest BCUT2D eigenvalue weighted by molar-refractivity contribution is 7.99. The maximum Gasteiger partial charge on any atom is 0.123 e. The van der Waals surface area contributed by atoms with E-state index in [1.165, 1.54) is 38.2 Å². The number of aryl methyl sites for hydroxylation is 1. The molecule has 1 aliphatic carbocycles. The molecular formula is C15H23FN2S. The van der Waals surface area contributed by atoms with Crippen molar-refractivity contribution in [2.45, 2.75) is 50.3 Å². The molecule has 106 valence electrons. The second kappa shape index (κ2) is 7.27. The molecule has 2 nitrogen and oxygen atoms in total. The van der Waals surface area contributed by atoms with Crippen molar-refractivity contribution in [2.24, 2.45) is 5.84 Å². The van der Waals surface area contributed by atoms with Crippen LogP contribution in [0.2, 0.25) is 0 Å². The molecule has 0 amide bonds. The SMILES string of the molecule is Cc1ccc(F)cc1C(CSC1CCCCC1)NN. The third kappa shape index (κ3) is 4.20. The Balaban J connectivity index is 1.97. The zero-order valence-electron chi connectivity index (χ0n) is 11.5. The zero-order valence-corrected chi connectivity index (χ0v) is 12.3. The molecule has 1 saturated carbocycles. The predicted molar refractivity (Wildman–Crippen MR) is 80.5 cm³/mol. The lowest BCUT2D eigenvalue weighted by molar-refractivity contribution is 0.514. The van der Waals surface area contributed by atoms with Crippen LogP contribution in [0.3, 0.4) is 0 Å². The lowest BCUT2D eigenvalue weighted by Crippen LogP contribution is -2.31. The van der Waals surface area contributed by atoms with Crippen LogP contribution in [0.15, 0.2) is 18.2 Å². The number of hydrazine groups is 1. The Bertz CT molecular complexity index is 405. The van der Waals surface area contributed by atoms with E-state index in [-0.39, 0.29) is 11.9 Å². The molecule has 0 bridgehead atoms. The Hall–Kier alpha value is -0.580. The van der Waals surface area contributed by atoms with E-state index in [2.05, 4.69) is 5.43 Å². The van der Waals surface area contributed by atoms with Gasteiger partial charge in [-0.3, -0.25) is 11.3 Å². The molecule has 4 heteroatoms. The highest BCUT2D eigenvalue weighted by atomic mass is 32.2. The fourth-order valence-corrected chi connectivity index (χ4v) is 4.09. The summed E-state index contributed by atoms with van der Waals surface area (Å²) >= 11 is 1.97. The van der Waals surface area contributed by atoms with Gasteiger partial charge in [-0.25, -0.2) is 4.39 Å². The summed E-state index contributed by atoms with van der Waals surface area (Å²) in [4.78, 5) is 0. The van der Waals surface area contributed by atoms with Crippen LogP contribution in [0, 0.1) is 12.7 Å². The van der Waals surface area contributed by atoms with E-state index in [0.29, 0.717) is 0 Å². The summed E-state index contributed by atoms with van der Waals surface area (Å²) in [7, 11) is 0. The highest BCUT2D eigenvalue weighted by Crippen LogP contribution is 2.31. The van der Waals surface area contributed by atoms with E-state index < -0.39 is 0 Å². The lowest BCUT2D eigenvalue weighted by Gasteiger charge is -2.24. The maximum atomic E-state index is 13.4. The molecule has 0 spiro atoms. The average Bonchev–Trinajstić information content (AvgIpc) is 2.44. The smallest absolute Gasteiger partial charge is 0.123 e. The molecule has 1 aliphatic rings. The molecule has 0 saturated heterocycles. The van der Waals surface area contributed by atoms with Gasteiger partial charge in [-0.1, -0.05) is 25.3 Å². The summed E-state index contributed by atoms with van der Waals surface area (Å²) in [6, 6.07) is 4.95. The Labute approximate surface area is 119 Å². The maximum absolute atomic E-state index is 13.4. The zero-order chi connectivity index (χ0) is 13.7. The van der Waals surface area contributed by atoms with Gasteiger partial charge in [-0.2, -0.15) is 11.8 Å². The van der Waals surface area contributed by atoms with Gasteiger partial charge in [-0.15, -0.1) is 0 Å². The van der Waals surface area contributed by atoms with Gasteiger partial charge in [0.15, 0.2) is 0 Å². The molecule has 2 rings (SSSR count). The minimum Gasteiger partial charge on any atom is -0.271 e. The van der Waals surface area contributed by atoms with Gasteiger partial charge < -0.3 is 0 Å². The molecular weight excluding hydrogens is 259 g/mol. The third-order valence-electron chi connectivity index (χ3n) is 3.87. The van der Waals surface area contributed by atoms with E-state index in [1.54, 1.807) is 6.07 Å². The first-order chi connectivity index (χ1) is 9.20. The summed E-state index contributed by atoms with van der Waals surface area (Å²) in [5.74, 6) is 6.37. The molecule has 0 radical (unpaired) electrons. The third-order valence-corrected chi connectivity index (χ3v) is 5.34. The van der Waals surface area contributed by atoms with Gasteiger partial charge in [0.25, 0.3) is 0 Å². The van der Waals surface area contributed by atoms with Crippen LogP contribution in [-0.4, -0.2) is 11.0 Å². The summed E-state index contributed by atoms with van der Waals surface area (Å²) in [6.45, 7) is 2.00. The van der Waals surface area contributed by atoms with Crippen molar-refractivity contribution >= 4 is 11.8 Å². The fraction of sp³-hybridized carbons (Fsp3) is 0.600. The van der Waals surface area contributed by atoms with Crippen molar-refractivity contribution in [3.63, 3.8) is 0 Å². The van der Waals surface area contributed by atoms with Crippen LogP contribution in [0.1, 0.15) is 49.3 Å². The molecule has 1 unspecified atom stereocenters. The van der Waals surface area contributed by atoms with Gasteiger partial charge in [0.1, 0.15) is 5.82 Å². The van der Waals surface area contributed by atoms with Crippen LogP contribution >= 0.6 is 11.8 Å². The summed E-state index contributed by atoms with van der Waals surface area (Å²) < 4.78 is 13.4. The Morgan fingerprint density at radius 1 is 1.37 bits per heavy atom. The fourth-order valence-electron chi connectivity index (χ4n) is 2.68. The van der Waals surface area contributed by atoms with E-state index in [4.69, 9.17) is 5.84 Å². The Morgan fingerprint density at radius 3 is 2.79 bits per heavy atom. The van der Waals surface area contributed by atoms with E-state index >= 15 is 0 Å². The van der Waals surface area contributed by atoms with Gasteiger partial charge >= 0.3 is 0 Å². The lowest BCUT2D eigenvalue weighted by atomic mass is 10.0. The van der Waals surface area contributed by atoms with Gasteiger partial charge in [0, 0.05) is 11.0 Å². The van der Waals surface area contributed by atoms with Crippen molar-refractivity contribution in [1.82, 2.24) is 5.43 Å². The molecule has 1 aromatic rings. The van der Waals surface area contributed by atoms with E-state index in [1.807, 2.05) is 24.8 Å². The van der Waals surface area contributed by atoms with Crippen molar-refractivity contribution in [2.75, 3.05) is 5.75 Å². The summed E-state index contributed by atoms with van der Waals surface area (Å²) in [5.41, 5.74) is 4.91. The number of hydrogen-bond donors (Lipinski definition) is 2. The predicted octanol–water partition coefficient (Wildman–Crippen LogP) is 3.70. The van der Waals surface area contributed by atoms with Crippen molar-refractivity contribution in [3.8, 4) is 0 Å². The molecule has 0 heterocycles. The van der Waals surface area contributed by atoms with Crippen molar-refractivity contribution < 1.29 is 4.39 Å². The van der Waals surface area contributed by atoms with Crippen LogP contribution in [0.25, 0.3) is 0 Å². The summed E-state index contributed by atoms with van der Waals surface area (Å²) in [6.07, 6.45) is 6.68. The molecule has 3 N–H and O–H groups in total. The number of halogens is 1. The quantitative estimate of drug-likeness (QED) is 0.639. The second-order valence-corrected chi connectivity index (χ2v) is 6.65. The Kier molecular flexibility index (Phi) is 5.67. The van der Waals surface area contributed by atoms with Gasteiger partial charge in [0.05, 0.1) is 6.04 Å². The molecule has 0 aromatic heterocycles. The molecule has 1 fully saturated rings. The first kappa shape index (κ1) is 14.8. The van der Waals surface area contributed by atoms with Gasteiger partial charge in [-0.05, 0) is 43.0 Å². The average molecular weight is 282 g/mol. The van der Waals surface area contributed by atoms with E-state index in [0.717, 1.165) is 22.1 Å². The van der Waals surface area contributed by atoms with Crippen LogP contribution < -0.4 is 11.3 Å². The number of rotatable bonds is 5. The molecule has 1 atom stereocenters. The largest absolute Gasteiger partial charge is 0.271 e. The Morgan fingerprint density at radius 2 is 2.11 bits per heavy atom. The standard InChI is InChI=1S/C15H23FN2S/c1-11-7-8-12(16)9-14(11)15(18-17)10-19-13-5-3-2-4-6-13/h7-9,13,15,18H,2-6,10,17H2,1H3. The monoisotopic (exact) mass is 282 g/mol. The topological polar surface area (TPSA) is 38.0 Å². The molecule has 0 aliphatic heterocycles. The van der Waals surface area contributed by atoms with Gasteiger partial charge in [0.2, 0.25) is 0 Å².